The maximum absolute atomic E-state index is 13.4. The zero-order chi connectivity index (χ0) is 22.9. The molecule has 1 amide bonds. The molecule has 0 aromatic heterocycles. The summed E-state index contributed by atoms with van der Waals surface area (Å²) in [4.78, 5) is 15.0. The van der Waals surface area contributed by atoms with Gasteiger partial charge in [0.05, 0.1) is 7.11 Å². The predicted molar refractivity (Wildman–Crippen MR) is 124 cm³/mol. The average Bonchev–Trinajstić information content (AvgIpc) is 2.81. The number of carbonyl (C=O) groups excluding carboxylic acids is 1. The Kier molecular flexibility index (Phi) is 8.48. The van der Waals surface area contributed by atoms with Gasteiger partial charge in [-0.2, -0.15) is 0 Å². The van der Waals surface area contributed by atoms with Crippen molar-refractivity contribution < 1.29 is 18.7 Å². The summed E-state index contributed by atoms with van der Waals surface area (Å²) in [5, 5.41) is 0.646. The van der Waals surface area contributed by atoms with E-state index in [-0.39, 0.29) is 18.3 Å². The molecule has 0 radical (unpaired) electrons. The molecule has 0 spiro atoms. The van der Waals surface area contributed by atoms with Gasteiger partial charge in [-0.1, -0.05) is 35.9 Å². The Morgan fingerprint density at radius 1 is 1.03 bits per heavy atom. The van der Waals surface area contributed by atoms with Gasteiger partial charge in [0.1, 0.15) is 12.4 Å². The van der Waals surface area contributed by atoms with Crippen molar-refractivity contribution in [2.75, 3.05) is 20.2 Å². The number of methoxy groups -OCH3 is 1. The normalized spacial score (nSPS) is 10.6. The van der Waals surface area contributed by atoms with Crippen molar-refractivity contribution >= 4 is 17.5 Å². The highest BCUT2D eigenvalue weighted by Crippen LogP contribution is 2.29. The number of rotatable bonds is 10. The Morgan fingerprint density at radius 2 is 1.81 bits per heavy atom. The van der Waals surface area contributed by atoms with Gasteiger partial charge >= 0.3 is 0 Å². The molecule has 3 aromatic rings. The number of benzene rings is 3. The van der Waals surface area contributed by atoms with Gasteiger partial charge in [0.2, 0.25) is 0 Å². The van der Waals surface area contributed by atoms with Crippen LogP contribution in [0, 0.1) is 5.82 Å². The molecule has 5 nitrogen and oxygen atoms in total. The second-order valence-electron chi connectivity index (χ2n) is 7.28. The van der Waals surface area contributed by atoms with Crippen molar-refractivity contribution in [1.82, 2.24) is 4.90 Å². The number of halogens is 2. The van der Waals surface area contributed by atoms with E-state index in [0.29, 0.717) is 53.7 Å². The Balaban J connectivity index is 1.76. The van der Waals surface area contributed by atoms with Crippen LogP contribution in [0.25, 0.3) is 0 Å². The highest BCUT2D eigenvalue weighted by Gasteiger charge is 2.18. The minimum absolute atomic E-state index is 0.136. The van der Waals surface area contributed by atoms with E-state index in [2.05, 4.69) is 0 Å². The predicted octanol–water partition coefficient (Wildman–Crippen LogP) is 5.06. The Morgan fingerprint density at radius 3 is 2.50 bits per heavy atom. The van der Waals surface area contributed by atoms with E-state index in [4.69, 9.17) is 26.8 Å². The van der Waals surface area contributed by atoms with Crippen LogP contribution < -0.4 is 15.2 Å². The molecule has 0 heterocycles. The zero-order valence-electron chi connectivity index (χ0n) is 17.9. The van der Waals surface area contributed by atoms with E-state index in [0.717, 1.165) is 5.56 Å². The monoisotopic (exact) mass is 456 g/mol. The van der Waals surface area contributed by atoms with Crippen molar-refractivity contribution in [2.24, 2.45) is 5.73 Å². The molecule has 0 unspecified atom stereocenters. The van der Waals surface area contributed by atoms with Crippen LogP contribution in [0.15, 0.2) is 66.7 Å². The van der Waals surface area contributed by atoms with E-state index < -0.39 is 0 Å². The van der Waals surface area contributed by atoms with E-state index in [1.165, 1.54) is 19.2 Å². The minimum atomic E-state index is -0.322. The summed E-state index contributed by atoms with van der Waals surface area (Å²) < 4.78 is 24.6. The van der Waals surface area contributed by atoms with Crippen molar-refractivity contribution in [3.05, 3.63) is 94.3 Å². The molecule has 3 rings (SSSR count). The third kappa shape index (κ3) is 6.45. The topological polar surface area (TPSA) is 64.8 Å². The van der Waals surface area contributed by atoms with Crippen LogP contribution >= 0.6 is 11.6 Å². The van der Waals surface area contributed by atoms with E-state index >= 15 is 0 Å². The number of carbonyl (C=O) groups is 1. The second kappa shape index (κ2) is 11.5. The Hall–Kier alpha value is -3.09. The van der Waals surface area contributed by atoms with E-state index in [1.807, 2.05) is 12.1 Å². The lowest BCUT2D eigenvalue weighted by Gasteiger charge is -2.23. The average molecular weight is 457 g/mol. The molecular weight excluding hydrogens is 431 g/mol. The lowest BCUT2D eigenvalue weighted by atomic mass is 10.1. The standard InChI is InChI=1S/C25H26ClFN2O3/c1-31-24-15-20(8-11-23(24)32-17-19-4-2-5-22(27)14-19)25(30)29(13-3-12-28)16-18-6-9-21(26)10-7-18/h2,4-11,14-15H,3,12-13,16-17,28H2,1H3. The number of hydrogen-bond acceptors (Lipinski definition) is 4. The Labute approximate surface area is 192 Å². The van der Waals surface area contributed by atoms with Gasteiger partial charge < -0.3 is 20.1 Å². The lowest BCUT2D eigenvalue weighted by molar-refractivity contribution is 0.0741. The minimum Gasteiger partial charge on any atom is -0.493 e. The molecule has 0 aliphatic rings. The molecule has 168 valence electrons. The number of amides is 1. The molecule has 3 aromatic carbocycles. The summed E-state index contributed by atoms with van der Waals surface area (Å²) in [5.74, 6) is 0.442. The van der Waals surface area contributed by atoms with Crippen LogP contribution in [-0.2, 0) is 13.2 Å². The van der Waals surface area contributed by atoms with Crippen molar-refractivity contribution in [1.29, 1.82) is 0 Å². The van der Waals surface area contributed by atoms with Gasteiger partial charge in [0.25, 0.3) is 5.91 Å². The summed E-state index contributed by atoms with van der Waals surface area (Å²) in [6.45, 7) is 1.63. The Bertz CT molecular complexity index is 1040. The molecular formula is C25H26ClFN2O3. The van der Waals surface area contributed by atoms with E-state index in [1.54, 1.807) is 47.4 Å². The molecule has 0 saturated heterocycles. The van der Waals surface area contributed by atoms with Crippen LogP contribution in [0.2, 0.25) is 5.02 Å². The fourth-order valence-corrected chi connectivity index (χ4v) is 3.36. The molecule has 32 heavy (non-hydrogen) atoms. The third-order valence-corrected chi connectivity index (χ3v) is 5.15. The van der Waals surface area contributed by atoms with Crippen LogP contribution in [0.5, 0.6) is 11.5 Å². The van der Waals surface area contributed by atoms with Crippen LogP contribution in [0.3, 0.4) is 0 Å². The SMILES string of the molecule is COc1cc(C(=O)N(CCCN)Cc2ccc(Cl)cc2)ccc1OCc1cccc(F)c1. The molecule has 0 aliphatic carbocycles. The fraction of sp³-hybridized carbons (Fsp3) is 0.240. The smallest absolute Gasteiger partial charge is 0.254 e. The third-order valence-electron chi connectivity index (χ3n) is 4.90. The second-order valence-corrected chi connectivity index (χ2v) is 7.72. The first-order valence-electron chi connectivity index (χ1n) is 10.3. The summed E-state index contributed by atoms with van der Waals surface area (Å²) in [7, 11) is 1.51. The summed E-state index contributed by atoms with van der Waals surface area (Å²) in [6, 6.07) is 18.6. The molecule has 0 bridgehead atoms. The van der Waals surface area contributed by atoms with Crippen LogP contribution in [-0.4, -0.2) is 31.0 Å². The summed E-state index contributed by atoms with van der Waals surface area (Å²) >= 11 is 5.97. The van der Waals surface area contributed by atoms with Crippen LogP contribution in [0.4, 0.5) is 4.39 Å². The van der Waals surface area contributed by atoms with Gasteiger partial charge in [-0.3, -0.25) is 4.79 Å². The first-order chi connectivity index (χ1) is 15.5. The zero-order valence-corrected chi connectivity index (χ0v) is 18.6. The number of ether oxygens (including phenoxy) is 2. The molecule has 0 saturated carbocycles. The first kappa shape index (κ1) is 23.6. The van der Waals surface area contributed by atoms with Gasteiger partial charge in [-0.05, 0) is 66.6 Å². The quantitative estimate of drug-likeness (QED) is 0.463. The molecule has 2 N–H and O–H groups in total. The number of nitrogens with zero attached hydrogens (tertiary/aromatic N) is 1. The number of nitrogens with two attached hydrogens (primary N) is 1. The van der Waals surface area contributed by atoms with Crippen molar-refractivity contribution in [3.8, 4) is 11.5 Å². The van der Waals surface area contributed by atoms with Crippen LogP contribution in [0.1, 0.15) is 27.9 Å². The highest BCUT2D eigenvalue weighted by molar-refractivity contribution is 6.30. The molecule has 7 heteroatoms. The largest absolute Gasteiger partial charge is 0.493 e. The maximum Gasteiger partial charge on any atom is 0.254 e. The summed E-state index contributed by atoms with van der Waals surface area (Å²) in [6.07, 6.45) is 0.686. The van der Waals surface area contributed by atoms with E-state index in [9.17, 15) is 9.18 Å². The molecule has 0 fully saturated rings. The van der Waals surface area contributed by atoms with Gasteiger partial charge in [0, 0.05) is 23.7 Å². The van der Waals surface area contributed by atoms with Gasteiger partial charge in [0.15, 0.2) is 11.5 Å². The highest BCUT2D eigenvalue weighted by atomic mass is 35.5. The fourth-order valence-electron chi connectivity index (χ4n) is 3.24. The van der Waals surface area contributed by atoms with Gasteiger partial charge in [-0.15, -0.1) is 0 Å². The molecule has 0 aliphatic heterocycles. The number of hydrogen-bond donors (Lipinski definition) is 1. The maximum atomic E-state index is 13.4. The summed E-state index contributed by atoms with van der Waals surface area (Å²) in [5.41, 5.74) is 7.82. The molecule has 0 atom stereocenters. The lowest BCUT2D eigenvalue weighted by Crippen LogP contribution is -2.32. The van der Waals surface area contributed by atoms with Crippen molar-refractivity contribution in [2.45, 2.75) is 19.6 Å². The van der Waals surface area contributed by atoms with Crippen molar-refractivity contribution in [3.63, 3.8) is 0 Å². The first-order valence-corrected chi connectivity index (χ1v) is 10.7. The van der Waals surface area contributed by atoms with Gasteiger partial charge in [-0.25, -0.2) is 4.39 Å².